The van der Waals surface area contributed by atoms with Gasteiger partial charge in [-0.3, -0.25) is 9.59 Å². The molecule has 3 rings (SSSR count). The number of hydrogen-bond acceptors (Lipinski definition) is 5. The lowest BCUT2D eigenvalue weighted by molar-refractivity contribution is -0.122. The predicted octanol–water partition coefficient (Wildman–Crippen LogP) is -0.329. The van der Waals surface area contributed by atoms with Crippen LogP contribution in [0.1, 0.15) is 23.2 Å². The third kappa shape index (κ3) is 3.04. The van der Waals surface area contributed by atoms with Gasteiger partial charge >= 0.3 is 0 Å². The van der Waals surface area contributed by atoms with Gasteiger partial charge in [-0.1, -0.05) is 0 Å². The lowest BCUT2D eigenvalue weighted by Crippen LogP contribution is -2.47. The van der Waals surface area contributed by atoms with Gasteiger partial charge in [0.15, 0.2) is 5.82 Å². The van der Waals surface area contributed by atoms with Crippen LogP contribution in [0, 0.1) is 0 Å². The number of nitrogens with one attached hydrogen (secondary N) is 2. The summed E-state index contributed by atoms with van der Waals surface area (Å²) in [7, 11) is 0. The summed E-state index contributed by atoms with van der Waals surface area (Å²) in [6, 6.07) is 3.35. The highest BCUT2D eigenvalue weighted by Crippen LogP contribution is 2.07. The molecule has 0 saturated carbocycles. The van der Waals surface area contributed by atoms with E-state index in [0.717, 1.165) is 0 Å². The molecular weight excluding hydrogens is 272 g/mol. The number of amides is 2. The highest BCUT2D eigenvalue weighted by atomic mass is 16.2. The summed E-state index contributed by atoms with van der Waals surface area (Å²) in [4.78, 5) is 31.2. The fraction of sp³-hybridized carbons (Fsp3) is 0.308. The molecule has 0 radical (unpaired) electrons. The minimum absolute atomic E-state index is 0.0272. The number of rotatable bonds is 3. The molecule has 1 saturated heterocycles. The Morgan fingerprint density at radius 2 is 2.33 bits per heavy atom. The van der Waals surface area contributed by atoms with Crippen LogP contribution in [0.2, 0.25) is 0 Å². The fourth-order valence-corrected chi connectivity index (χ4v) is 2.11. The second-order valence-corrected chi connectivity index (χ2v) is 4.76. The first-order valence-corrected chi connectivity index (χ1v) is 6.61. The zero-order valence-electron chi connectivity index (χ0n) is 11.2. The Bertz CT molecular complexity index is 627. The lowest BCUT2D eigenvalue weighted by atomic mass is 10.1. The van der Waals surface area contributed by atoms with Gasteiger partial charge in [0, 0.05) is 25.2 Å². The molecule has 2 N–H and O–H groups in total. The van der Waals surface area contributed by atoms with Crippen molar-refractivity contribution in [1.29, 1.82) is 0 Å². The molecule has 1 aliphatic rings. The minimum atomic E-state index is -0.200. The van der Waals surface area contributed by atoms with Crippen molar-refractivity contribution in [3.8, 4) is 5.82 Å². The first-order chi connectivity index (χ1) is 10.2. The topological polar surface area (TPSA) is 102 Å². The third-order valence-electron chi connectivity index (χ3n) is 3.26. The molecule has 3 heterocycles. The first-order valence-electron chi connectivity index (χ1n) is 6.61. The SMILES string of the molecule is O=C1CCC(NC(=O)c2ccc(-n3cncn3)nc2)CN1. The Morgan fingerprint density at radius 1 is 1.43 bits per heavy atom. The average Bonchev–Trinajstić information content (AvgIpc) is 3.04. The van der Waals surface area contributed by atoms with E-state index in [1.165, 1.54) is 23.5 Å². The molecule has 8 nitrogen and oxygen atoms in total. The van der Waals surface area contributed by atoms with Crippen LogP contribution in [0.15, 0.2) is 31.0 Å². The van der Waals surface area contributed by atoms with Gasteiger partial charge in [-0.05, 0) is 18.6 Å². The van der Waals surface area contributed by atoms with Crippen LogP contribution in [0.3, 0.4) is 0 Å². The summed E-state index contributed by atoms with van der Waals surface area (Å²) in [5.74, 6) is 0.419. The number of aromatic nitrogens is 4. The number of pyridine rings is 1. The minimum Gasteiger partial charge on any atom is -0.354 e. The number of carbonyl (C=O) groups excluding carboxylic acids is 2. The van der Waals surface area contributed by atoms with Gasteiger partial charge in [0.2, 0.25) is 5.91 Å². The van der Waals surface area contributed by atoms with Crippen molar-refractivity contribution in [2.45, 2.75) is 18.9 Å². The van der Waals surface area contributed by atoms with E-state index >= 15 is 0 Å². The van der Waals surface area contributed by atoms with E-state index in [4.69, 9.17) is 0 Å². The molecule has 2 aromatic heterocycles. The molecule has 1 unspecified atom stereocenters. The zero-order valence-corrected chi connectivity index (χ0v) is 11.2. The monoisotopic (exact) mass is 286 g/mol. The van der Waals surface area contributed by atoms with E-state index in [1.807, 2.05) is 0 Å². The normalized spacial score (nSPS) is 18.1. The predicted molar refractivity (Wildman–Crippen MR) is 72.7 cm³/mol. The summed E-state index contributed by atoms with van der Waals surface area (Å²) in [5.41, 5.74) is 0.468. The molecule has 1 atom stereocenters. The molecule has 21 heavy (non-hydrogen) atoms. The highest BCUT2D eigenvalue weighted by molar-refractivity contribution is 5.94. The summed E-state index contributed by atoms with van der Waals surface area (Å²) < 4.78 is 1.51. The fourth-order valence-electron chi connectivity index (χ4n) is 2.11. The number of nitrogens with zero attached hydrogens (tertiary/aromatic N) is 4. The second-order valence-electron chi connectivity index (χ2n) is 4.76. The van der Waals surface area contributed by atoms with E-state index in [9.17, 15) is 9.59 Å². The number of hydrogen-bond donors (Lipinski definition) is 2. The van der Waals surface area contributed by atoms with Crippen LogP contribution in [-0.2, 0) is 4.79 Å². The van der Waals surface area contributed by atoms with Crippen molar-refractivity contribution in [2.75, 3.05) is 6.54 Å². The Kier molecular flexibility index (Phi) is 3.59. The van der Waals surface area contributed by atoms with Crippen LogP contribution in [0.25, 0.3) is 5.82 Å². The van der Waals surface area contributed by atoms with Crippen molar-refractivity contribution >= 4 is 11.8 Å². The molecule has 0 spiro atoms. The standard InChI is InChI=1S/C13H14N6O2/c20-12-4-2-10(6-16-12)18-13(21)9-1-3-11(15-5-9)19-8-14-7-17-19/h1,3,5,7-8,10H,2,4,6H2,(H,16,20)(H,18,21). The van der Waals surface area contributed by atoms with E-state index < -0.39 is 0 Å². The van der Waals surface area contributed by atoms with Gasteiger partial charge in [0.25, 0.3) is 5.91 Å². The molecular formula is C13H14N6O2. The summed E-state index contributed by atoms with van der Waals surface area (Å²) in [5, 5.41) is 9.57. The van der Waals surface area contributed by atoms with Crippen LogP contribution in [-0.4, -0.2) is 44.1 Å². The van der Waals surface area contributed by atoms with Gasteiger partial charge in [0.1, 0.15) is 12.7 Å². The molecule has 1 fully saturated rings. The van der Waals surface area contributed by atoms with Crippen LogP contribution < -0.4 is 10.6 Å². The Balaban J connectivity index is 1.64. The van der Waals surface area contributed by atoms with Crippen molar-refractivity contribution in [2.24, 2.45) is 0 Å². The second kappa shape index (κ2) is 5.70. The average molecular weight is 286 g/mol. The van der Waals surface area contributed by atoms with Gasteiger partial charge in [-0.2, -0.15) is 5.10 Å². The van der Waals surface area contributed by atoms with Crippen molar-refractivity contribution < 1.29 is 9.59 Å². The van der Waals surface area contributed by atoms with E-state index in [0.29, 0.717) is 30.8 Å². The van der Waals surface area contributed by atoms with Crippen LogP contribution in [0.5, 0.6) is 0 Å². The third-order valence-corrected chi connectivity index (χ3v) is 3.26. The van der Waals surface area contributed by atoms with Gasteiger partial charge in [0.05, 0.1) is 5.56 Å². The van der Waals surface area contributed by atoms with Crippen LogP contribution in [0.4, 0.5) is 0 Å². The maximum atomic E-state index is 12.1. The van der Waals surface area contributed by atoms with Gasteiger partial charge < -0.3 is 10.6 Å². The van der Waals surface area contributed by atoms with E-state index in [2.05, 4.69) is 25.7 Å². The molecule has 0 aliphatic carbocycles. The van der Waals surface area contributed by atoms with Crippen molar-refractivity contribution in [3.63, 3.8) is 0 Å². The summed E-state index contributed by atoms with van der Waals surface area (Å²) in [6.07, 6.45) is 5.54. The van der Waals surface area contributed by atoms with E-state index in [1.54, 1.807) is 12.1 Å². The van der Waals surface area contributed by atoms with Gasteiger partial charge in [-0.25, -0.2) is 14.6 Å². The Morgan fingerprint density at radius 3 is 2.95 bits per heavy atom. The smallest absolute Gasteiger partial charge is 0.253 e. The largest absolute Gasteiger partial charge is 0.354 e. The molecule has 108 valence electrons. The lowest BCUT2D eigenvalue weighted by Gasteiger charge is -2.23. The summed E-state index contributed by atoms with van der Waals surface area (Å²) in [6.45, 7) is 0.467. The van der Waals surface area contributed by atoms with Crippen molar-refractivity contribution in [1.82, 2.24) is 30.4 Å². The molecule has 2 aromatic rings. The number of piperidine rings is 1. The zero-order chi connectivity index (χ0) is 14.7. The maximum Gasteiger partial charge on any atom is 0.253 e. The molecule has 1 aliphatic heterocycles. The van der Waals surface area contributed by atoms with E-state index in [-0.39, 0.29) is 17.9 Å². The summed E-state index contributed by atoms with van der Waals surface area (Å²) >= 11 is 0. The Labute approximate surface area is 120 Å². The van der Waals surface area contributed by atoms with Crippen molar-refractivity contribution in [3.05, 3.63) is 36.5 Å². The number of carbonyl (C=O) groups is 2. The highest BCUT2D eigenvalue weighted by Gasteiger charge is 2.20. The molecule has 8 heteroatoms. The molecule has 0 bridgehead atoms. The molecule has 0 aromatic carbocycles. The Hall–Kier alpha value is -2.77. The molecule has 2 amide bonds. The quantitative estimate of drug-likeness (QED) is 0.804. The van der Waals surface area contributed by atoms with Crippen LogP contribution >= 0.6 is 0 Å². The van der Waals surface area contributed by atoms with Gasteiger partial charge in [-0.15, -0.1) is 0 Å². The maximum absolute atomic E-state index is 12.1. The first kappa shape index (κ1) is 13.2.